The Hall–Kier alpha value is -7.22. The van der Waals surface area contributed by atoms with Gasteiger partial charge in [0.1, 0.15) is 0 Å². The summed E-state index contributed by atoms with van der Waals surface area (Å²) in [5.41, 5.74) is 21.0. The van der Waals surface area contributed by atoms with Crippen LogP contribution < -0.4 is 4.90 Å². The van der Waals surface area contributed by atoms with Gasteiger partial charge in [-0.2, -0.15) is 0 Å². The number of anilines is 1. The van der Waals surface area contributed by atoms with Crippen molar-refractivity contribution in [3.63, 3.8) is 0 Å². The molecule has 0 unspecified atom stereocenters. The van der Waals surface area contributed by atoms with Gasteiger partial charge in [0.2, 0.25) is 0 Å². The lowest BCUT2D eigenvalue weighted by atomic mass is 9.88. The molecule has 0 N–H and O–H groups in total. The fraction of sp³-hybridized carbons (Fsp3) is 0.0357. The van der Waals surface area contributed by atoms with Crippen LogP contribution in [0.2, 0.25) is 0 Å². The first-order valence-corrected chi connectivity index (χ1v) is 19.8. The lowest BCUT2D eigenvalue weighted by Crippen LogP contribution is -2.20. The Morgan fingerprint density at radius 2 is 0.509 bits per heavy atom. The quantitative estimate of drug-likeness (QED) is 0.158. The molecule has 1 aliphatic heterocycles. The van der Waals surface area contributed by atoms with E-state index in [1.54, 1.807) is 0 Å². The van der Waals surface area contributed by atoms with Gasteiger partial charge in [-0.3, -0.25) is 0 Å². The van der Waals surface area contributed by atoms with Gasteiger partial charge in [0, 0.05) is 18.8 Å². The Bertz CT molecular complexity index is 2520. The van der Waals surface area contributed by atoms with Crippen molar-refractivity contribution >= 4 is 5.69 Å². The van der Waals surface area contributed by atoms with Crippen molar-refractivity contribution in [2.75, 3.05) is 4.90 Å². The van der Waals surface area contributed by atoms with Crippen molar-refractivity contribution in [2.45, 2.75) is 13.1 Å². The van der Waals surface area contributed by atoms with Crippen molar-refractivity contribution in [1.29, 1.82) is 0 Å². The molecular formula is C56H41N. The third-order valence-electron chi connectivity index (χ3n) is 11.3. The van der Waals surface area contributed by atoms with E-state index in [0.29, 0.717) is 0 Å². The topological polar surface area (TPSA) is 3.24 Å². The number of fused-ring (bicyclic) bond motifs is 3. The second-order valence-electron chi connectivity index (χ2n) is 15.0. The third-order valence-corrected chi connectivity index (χ3v) is 11.3. The van der Waals surface area contributed by atoms with E-state index >= 15 is 0 Å². The molecule has 1 heterocycles. The first kappa shape index (κ1) is 34.3. The molecule has 0 saturated heterocycles. The van der Waals surface area contributed by atoms with E-state index in [-0.39, 0.29) is 0 Å². The van der Waals surface area contributed by atoms with Crippen LogP contribution in [-0.2, 0) is 13.1 Å². The minimum atomic E-state index is 0.824. The number of nitrogens with zero attached hydrogens (tertiary/aromatic N) is 1. The van der Waals surface area contributed by atoms with Gasteiger partial charge < -0.3 is 4.90 Å². The van der Waals surface area contributed by atoms with Crippen LogP contribution in [0, 0.1) is 0 Å². The minimum absolute atomic E-state index is 0.824. The van der Waals surface area contributed by atoms with Crippen LogP contribution in [-0.4, -0.2) is 0 Å². The second-order valence-corrected chi connectivity index (χ2v) is 15.0. The van der Waals surface area contributed by atoms with E-state index < -0.39 is 0 Å². The van der Waals surface area contributed by atoms with Gasteiger partial charge in [0.15, 0.2) is 0 Å². The summed E-state index contributed by atoms with van der Waals surface area (Å²) in [4.78, 5) is 2.51. The molecule has 0 saturated carbocycles. The summed E-state index contributed by atoms with van der Waals surface area (Å²) in [5, 5.41) is 0. The Balaban J connectivity index is 1.15. The standard InChI is InChI=1S/C56H41N/c1-6-16-40(17-7-1)48-30-49(41-18-8-2-9-19-41)33-52(32-48)44-26-28-46-38-57(54-24-14-5-15-25-54)39-47-29-27-45(37-56(47)55(46)36-44)53-34-50(42-20-10-3-11-21-42)31-51(35-53)43-22-12-4-13-23-43/h1-37H,38-39H2. The van der Waals surface area contributed by atoms with Crippen LogP contribution in [0.5, 0.6) is 0 Å². The highest BCUT2D eigenvalue weighted by Gasteiger charge is 2.22. The highest BCUT2D eigenvalue weighted by molar-refractivity contribution is 5.87. The van der Waals surface area contributed by atoms with Gasteiger partial charge in [-0.05, 0) is 150 Å². The van der Waals surface area contributed by atoms with E-state index in [4.69, 9.17) is 0 Å². The van der Waals surface area contributed by atoms with Crippen molar-refractivity contribution < 1.29 is 0 Å². The van der Waals surface area contributed by atoms with Crippen LogP contribution in [0.25, 0.3) is 77.9 Å². The molecule has 0 aliphatic carbocycles. The van der Waals surface area contributed by atoms with Gasteiger partial charge in [-0.15, -0.1) is 0 Å². The molecule has 0 amide bonds. The predicted octanol–water partition coefficient (Wildman–Crippen LogP) is 14.9. The molecular weight excluding hydrogens is 687 g/mol. The monoisotopic (exact) mass is 727 g/mol. The zero-order valence-electron chi connectivity index (χ0n) is 31.7. The molecule has 1 heteroatoms. The van der Waals surface area contributed by atoms with Crippen LogP contribution >= 0.6 is 0 Å². The van der Waals surface area contributed by atoms with E-state index in [1.807, 2.05) is 0 Å². The summed E-state index contributed by atoms with van der Waals surface area (Å²) >= 11 is 0. The molecule has 270 valence electrons. The third kappa shape index (κ3) is 7.08. The van der Waals surface area contributed by atoms with Crippen LogP contribution in [0.3, 0.4) is 0 Å². The SMILES string of the molecule is c1ccc(-c2cc(-c3ccccc3)cc(-c3ccc4c(c3)-c3cc(-c5cc(-c6ccccc6)cc(-c6ccccc6)c5)ccc3CN(c3ccccc3)C4)c2)cc1. The van der Waals surface area contributed by atoms with E-state index in [2.05, 4.69) is 229 Å². The Morgan fingerprint density at radius 1 is 0.228 bits per heavy atom. The maximum atomic E-state index is 2.51. The van der Waals surface area contributed by atoms with Gasteiger partial charge in [0.25, 0.3) is 0 Å². The number of para-hydroxylation sites is 1. The van der Waals surface area contributed by atoms with Gasteiger partial charge in [-0.25, -0.2) is 0 Å². The van der Waals surface area contributed by atoms with Crippen molar-refractivity contribution in [2.24, 2.45) is 0 Å². The van der Waals surface area contributed by atoms with Crippen molar-refractivity contribution in [3.8, 4) is 77.9 Å². The van der Waals surface area contributed by atoms with Crippen LogP contribution in [0.4, 0.5) is 5.69 Å². The van der Waals surface area contributed by atoms with Crippen molar-refractivity contribution in [1.82, 2.24) is 0 Å². The summed E-state index contributed by atoms with van der Waals surface area (Å²) in [6.45, 7) is 1.65. The Kier molecular flexibility index (Phi) is 9.10. The molecule has 0 fully saturated rings. The van der Waals surface area contributed by atoms with E-state index in [1.165, 1.54) is 94.7 Å². The second kappa shape index (κ2) is 15.1. The van der Waals surface area contributed by atoms with Crippen LogP contribution in [0.1, 0.15) is 11.1 Å². The normalized spacial score (nSPS) is 12.0. The predicted molar refractivity (Wildman–Crippen MR) is 241 cm³/mol. The molecule has 1 aliphatic rings. The van der Waals surface area contributed by atoms with Gasteiger partial charge in [0.05, 0.1) is 0 Å². The van der Waals surface area contributed by atoms with Gasteiger partial charge in [-0.1, -0.05) is 164 Å². The average molecular weight is 728 g/mol. The van der Waals surface area contributed by atoms with Crippen molar-refractivity contribution in [3.05, 3.63) is 236 Å². The molecule has 0 atom stereocenters. The fourth-order valence-corrected chi connectivity index (χ4v) is 8.36. The lowest BCUT2D eigenvalue weighted by molar-refractivity contribution is 0.812. The fourth-order valence-electron chi connectivity index (χ4n) is 8.36. The zero-order valence-corrected chi connectivity index (χ0v) is 31.7. The molecule has 9 aromatic rings. The highest BCUT2D eigenvalue weighted by atomic mass is 15.1. The Morgan fingerprint density at radius 3 is 0.825 bits per heavy atom. The molecule has 57 heavy (non-hydrogen) atoms. The number of hydrogen-bond acceptors (Lipinski definition) is 1. The van der Waals surface area contributed by atoms with E-state index in [9.17, 15) is 0 Å². The van der Waals surface area contributed by atoms with Gasteiger partial charge >= 0.3 is 0 Å². The smallest absolute Gasteiger partial charge is 0.0439 e. The first-order chi connectivity index (χ1) is 28.2. The minimum Gasteiger partial charge on any atom is -0.363 e. The first-order valence-electron chi connectivity index (χ1n) is 19.8. The largest absolute Gasteiger partial charge is 0.363 e. The van der Waals surface area contributed by atoms with Crippen LogP contribution in [0.15, 0.2) is 224 Å². The molecule has 10 rings (SSSR count). The van der Waals surface area contributed by atoms with E-state index in [0.717, 1.165) is 13.1 Å². The summed E-state index contributed by atoms with van der Waals surface area (Å²) in [6, 6.07) is 82.1. The molecule has 9 aromatic carbocycles. The molecule has 0 aromatic heterocycles. The zero-order chi connectivity index (χ0) is 38.0. The Labute approximate surface area is 335 Å². The number of hydrogen-bond donors (Lipinski definition) is 0. The molecule has 0 radical (unpaired) electrons. The average Bonchev–Trinajstić information content (AvgIpc) is 3.46. The summed E-state index contributed by atoms with van der Waals surface area (Å²) in [7, 11) is 0. The summed E-state index contributed by atoms with van der Waals surface area (Å²) in [6.07, 6.45) is 0. The number of rotatable bonds is 7. The molecule has 1 nitrogen and oxygen atoms in total. The maximum absolute atomic E-state index is 2.51. The molecule has 0 spiro atoms. The highest BCUT2D eigenvalue weighted by Crippen LogP contribution is 2.42. The molecule has 0 bridgehead atoms. The summed E-state index contributed by atoms with van der Waals surface area (Å²) < 4.78 is 0. The lowest BCUT2D eigenvalue weighted by Gasteiger charge is -2.24. The maximum Gasteiger partial charge on any atom is 0.0439 e. The summed E-state index contributed by atoms with van der Waals surface area (Å²) in [5.74, 6) is 0. The number of benzene rings is 9.